The molecule has 0 heterocycles. The minimum absolute atomic E-state index is 0.0125. The number of rotatable bonds is 5. The van der Waals surface area contributed by atoms with Crippen molar-refractivity contribution in [1.29, 1.82) is 0 Å². The minimum Gasteiger partial charge on any atom is -0.383 e. The summed E-state index contributed by atoms with van der Waals surface area (Å²) in [5.41, 5.74) is 3.97. The number of amides is 1. The van der Waals surface area contributed by atoms with Crippen molar-refractivity contribution in [2.24, 2.45) is 0 Å². The molecule has 2 rings (SSSR count). The largest absolute Gasteiger partial charge is 0.383 e. The number of halogens is 1. The summed E-state index contributed by atoms with van der Waals surface area (Å²) in [6.07, 6.45) is 0.387. The molecule has 1 amide bonds. The van der Waals surface area contributed by atoms with Gasteiger partial charge in [-0.15, -0.1) is 0 Å². The van der Waals surface area contributed by atoms with Crippen LogP contribution < -0.4 is 10.6 Å². The van der Waals surface area contributed by atoms with E-state index in [9.17, 15) is 4.79 Å². The summed E-state index contributed by atoms with van der Waals surface area (Å²) in [7, 11) is 0. The molecule has 0 aromatic heterocycles. The van der Waals surface area contributed by atoms with Gasteiger partial charge in [-0.1, -0.05) is 41.4 Å². The van der Waals surface area contributed by atoms with Gasteiger partial charge in [-0.05, 0) is 37.6 Å². The maximum absolute atomic E-state index is 11.9. The summed E-state index contributed by atoms with van der Waals surface area (Å²) in [5.74, 6) is -0.0125. The van der Waals surface area contributed by atoms with E-state index in [-0.39, 0.29) is 5.91 Å². The van der Waals surface area contributed by atoms with E-state index < -0.39 is 0 Å². The van der Waals surface area contributed by atoms with Gasteiger partial charge in [-0.3, -0.25) is 4.79 Å². The summed E-state index contributed by atoms with van der Waals surface area (Å²) in [4.78, 5) is 11.9. The lowest BCUT2D eigenvalue weighted by atomic mass is 10.1. The first kappa shape index (κ1) is 15.4. The maximum Gasteiger partial charge on any atom is 0.226 e. The zero-order valence-electron chi connectivity index (χ0n) is 12.2. The van der Waals surface area contributed by atoms with Crippen LogP contribution in [0.15, 0.2) is 42.5 Å². The van der Waals surface area contributed by atoms with Gasteiger partial charge in [0.15, 0.2) is 0 Å². The normalized spacial score (nSPS) is 10.2. The topological polar surface area (TPSA) is 41.1 Å². The number of hydrogen-bond acceptors (Lipinski definition) is 2. The van der Waals surface area contributed by atoms with Crippen LogP contribution in [0.25, 0.3) is 0 Å². The van der Waals surface area contributed by atoms with Gasteiger partial charge < -0.3 is 10.6 Å². The lowest BCUT2D eigenvalue weighted by Crippen LogP contribution is -2.16. The number of carbonyl (C=O) groups is 1. The second-order valence-corrected chi connectivity index (χ2v) is 5.43. The van der Waals surface area contributed by atoms with Crippen molar-refractivity contribution in [1.82, 2.24) is 0 Å². The van der Waals surface area contributed by atoms with Crippen LogP contribution in [0, 0.1) is 13.8 Å². The molecule has 0 aliphatic rings. The summed E-state index contributed by atoms with van der Waals surface area (Å²) in [6.45, 7) is 4.57. The van der Waals surface area contributed by atoms with Gasteiger partial charge in [0.1, 0.15) is 0 Å². The van der Waals surface area contributed by atoms with Crippen molar-refractivity contribution in [3.63, 3.8) is 0 Å². The van der Waals surface area contributed by atoms with Crippen molar-refractivity contribution < 1.29 is 4.79 Å². The molecule has 4 heteroatoms. The molecule has 2 N–H and O–H groups in total. The second-order valence-electron chi connectivity index (χ2n) is 5.02. The van der Waals surface area contributed by atoms with Gasteiger partial charge >= 0.3 is 0 Å². The Hall–Kier alpha value is -2.00. The molecule has 3 nitrogen and oxygen atoms in total. The SMILES string of the molecule is Cc1ccc(NC(=O)CCNc2ccccc2Cl)c(C)c1. The highest BCUT2D eigenvalue weighted by Gasteiger charge is 2.05. The van der Waals surface area contributed by atoms with Crippen LogP contribution >= 0.6 is 11.6 Å². The van der Waals surface area contributed by atoms with E-state index in [1.54, 1.807) is 0 Å². The molecule has 110 valence electrons. The van der Waals surface area contributed by atoms with E-state index >= 15 is 0 Å². The zero-order chi connectivity index (χ0) is 15.2. The summed E-state index contributed by atoms with van der Waals surface area (Å²) >= 11 is 6.04. The van der Waals surface area contributed by atoms with E-state index in [1.165, 1.54) is 5.56 Å². The molecule has 2 aromatic rings. The third-order valence-electron chi connectivity index (χ3n) is 3.20. The number of hydrogen-bond donors (Lipinski definition) is 2. The molecule has 0 aliphatic carbocycles. The third kappa shape index (κ3) is 4.50. The molecule has 0 bridgehead atoms. The number of nitrogens with one attached hydrogen (secondary N) is 2. The molecule has 2 aromatic carbocycles. The molecule has 21 heavy (non-hydrogen) atoms. The average molecular weight is 303 g/mol. The first-order valence-electron chi connectivity index (χ1n) is 6.92. The van der Waals surface area contributed by atoms with E-state index in [1.807, 2.05) is 50.2 Å². The zero-order valence-corrected chi connectivity index (χ0v) is 13.0. The Bertz CT molecular complexity index is 640. The van der Waals surface area contributed by atoms with Crippen molar-refractivity contribution in [2.45, 2.75) is 20.3 Å². The average Bonchev–Trinajstić information content (AvgIpc) is 2.44. The number of carbonyl (C=O) groups excluding carboxylic acids is 1. The maximum atomic E-state index is 11.9. The summed E-state index contributed by atoms with van der Waals surface area (Å²) in [5, 5.41) is 6.75. The number of anilines is 2. The first-order valence-corrected chi connectivity index (χ1v) is 7.29. The Balaban J connectivity index is 1.84. The van der Waals surface area contributed by atoms with Crippen LogP contribution in [-0.4, -0.2) is 12.5 Å². The second kappa shape index (κ2) is 7.14. The minimum atomic E-state index is -0.0125. The fourth-order valence-corrected chi connectivity index (χ4v) is 2.28. The van der Waals surface area contributed by atoms with Crippen molar-refractivity contribution in [3.05, 3.63) is 58.6 Å². The number of para-hydroxylation sites is 1. The van der Waals surface area contributed by atoms with Crippen LogP contribution in [0.1, 0.15) is 17.5 Å². The fourth-order valence-electron chi connectivity index (χ4n) is 2.08. The molecule has 0 radical (unpaired) electrons. The number of benzene rings is 2. The summed E-state index contributed by atoms with van der Waals surface area (Å²) in [6, 6.07) is 13.5. The molecule has 0 spiro atoms. The van der Waals surface area contributed by atoms with Crippen LogP contribution in [-0.2, 0) is 4.79 Å². The molecule has 0 fully saturated rings. The highest BCUT2D eigenvalue weighted by Crippen LogP contribution is 2.20. The van der Waals surface area contributed by atoms with E-state index in [0.717, 1.165) is 16.9 Å². The molecule has 0 unspecified atom stereocenters. The molecule has 0 saturated heterocycles. The summed E-state index contributed by atoms with van der Waals surface area (Å²) < 4.78 is 0. The van der Waals surface area contributed by atoms with E-state index in [2.05, 4.69) is 16.7 Å². The van der Waals surface area contributed by atoms with Gasteiger partial charge in [0, 0.05) is 18.7 Å². The Morgan fingerprint density at radius 3 is 2.57 bits per heavy atom. The molecular weight excluding hydrogens is 284 g/mol. The van der Waals surface area contributed by atoms with Gasteiger partial charge in [0.05, 0.1) is 10.7 Å². The van der Waals surface area contributed by atoms with Crippen molar-refractivity contribution >= 4 is 28.9 Å². The van der Waals surface area contributed by atoms with Crippen LogP contribution in [0.3, 0.4) is 0 Å². The standard InChI is InChI=1S/C17H19ClN2O/c1-12-7-8-15(13(2)11-12)20-17(21)9-10-19-16-6-4-3-5-14(16)18/h3-8,11,19H,9-10H2,1-2H3,(H,20,21). The van der Waals surface area contributed by atoms with Crippen molar-refractivity contribution in [2.75, 3.05) is 17.2 Å². The first-order chi connectivity index (χ1) is 10.1. The monoisotopic (exact) mass is 302 g/mol. The Morgan fingerprint density at radius 2 is 1.86 bits per heavy atom. The van der Waals surface area contributed by atoms with Gasteiger partial charge in [0.2, 0.25) is 5.91 Å². The van der Waals surface area contributed by atoms with Crippen LogP contribution in [0.2, 0.25) is 5.02 Å². The number of aryl methyl sites for hydroxylation is 2. The van der Waals surface area contributed by atoms with Gasteiger partial charge in [-0.25, -0.2) is 0 Å². The van der Waals surface area contributed by atoms with Crippen molar-refractivity contribution in [3.8, 4) is 0 Å². The molecule has 0 saturated carbocycles. The Labute approximate surface area is 130 Å². The lowest BCUT2D eigenvalue weighted by molar-refractivity contribution is -0.115. The van der Waals surface area contributed by atoms with Gasteiger partial charge in [0.25, 0.3) is 0 Å². The predicted octanol–water partition coefficient (Wildman–Crippen LogP) is 4.40. The predicted molar refractivity (Wildman–Crippen MR) is 89.1 cm³/mol. The van der Waals surface area contributed by atoms with Crippen LogP contribution in [0.5, 0.6) is 0 Å². The quantitative estimate of drug-likeness (QED) is 0.859. The third-order valence-corrected chi connectivity index (χ3v) is 3.53. The van der Waals surface area contributed by atoms with Crippen LogP contribution in [0.4, 0.5) is 11.4 Å². The lowest BCUT2D eigenvalue weighted by Gasteiger charge is -2.10. The molecular formula is C17H19ClN2O. The Kier molecular flexibility index (Phi) is 5.23. The molecule has 0 aliphatic heterocycles. The molecule has 0 atom stereocenters. The highest BCUT2D eigenvalue weighted by molar-refractivity contribution is 6.33. The van der Waals surface area contributed by atoms with E-state index in [0.29, 0.717) is 18.0 Å². The Morgan fingerprint density at radius 1 is 1.10 bits per heavy atom. The van der Waals surface area contributed by atoms with E-state index in [4.69, 9.17) is 11.6 Å². The van der Waals surface area contributed by atoms with Gasteiger partial charge in [-0.2, -0.15) is 0 Å². The smallest absolute Gasteiger partial charge is 0.226 e. The highest BCUT2D eigenvalue weighted by atomic mass is 35.5. The fraction of sp³-hybridized carbons (Fsp3) is 0.235.